The predicted molar refractivity (Wildman–Crippen MR) is 103 cm³/mol. The maximum Gasteiger partial charge on any atom is 0.362 e. The highest BCUT2D eigenvalue weighted by atomic mass is 16.6. The molecule has 0 N–H and O–H groups in total. The lowest BCUT2D eigenvalue weighted by molar-refractivity contribution is -0.209. The van der Waals surface area contributed by atoms with Gasteiger partial charge >= 0.3 is 11.9 Å². The van der Waals surface area contributed by atoms with Gasteiger partial charge in [0.1, 0.15) is 5.76 Å². The molecule has 0 bridgehead atoms. The van der Waals surface area contributed by atoms with Gasteiger partial charge in [-0.1, -0.05) is 91.0 Å². The monoisotopic (exact) mass is 368 g/mol. The van der Waals surface area contributed by atoms with Crippen LogP contribution in [0.4, 0.5) is 0 Å². The van der Waals surface area contributed by atoms with E-state index in [1.165, 1.54) is 0 Å². The molecule has 1 unspecified atom stereocenters. The molecule has 0 saturated carbocycles. The molecular weight excluding hydrogens is 352 g/mol. The summed E-state index contributed by atoms with van der Waals surface area (Å²) in [5.41, 5.74) is -0.674. The molecule has 28 heavy (non-hydrogen) atoms. The van der Waals surface area contributed by atoms with Crippen molar-refractivity contribution in [3.63, 3.8) is 0 Å². The molecule has 0 aromatic heterocycles. The number of hydrogen-bond donors (Lipinski definition) is 0. The minimum absolute atomic E-state index is 0.398. The molecule has 0 aliphatic carbocycles. The van der Waals surface area contributed by atoms with Crippen LogP contribution in [0, 0.1) is 0 Å². The molecular formula is C24H16O4. The van der Waals surface area contributed by atoms with Crippen molar-refractivity contribution in [2.45, 2.75) is 11.0 Å². The molecule has 1 atom stereocenters. The Labute approximate surface area is 162 Å². The molecule has 0 amide bonds. The lowest BCUT2D eigenvalue weighted by atomic mass is 9.59. The van der Waals surface area contributed by atoms with E-state index in [2.05, 4.69) is 0 Å². The number of rotatable bonds is 3. The van der Waals surface area contributed by atoms with E-state index in [0.29, 0.717) is 16.9 Å². The quantitative estimate of drug-likeness (QED) is 0.659. The Balaban J connectivity index is 1.76. The zero-order valence-electron chi connectivity index (χ0n) is 14.9. The lowest BCUT2D eigenvalue weighted by Gasteiger charge is -2.51. The summed E-state index contributed by atoms with van der Waals surface area (Å²) in [7, 11) is 0. The Morgan fingerprint density at radius 1 is 0.607 bits per heavy atom. The maximum absolute atomic E-state index is 13.1. The fourth-order valence-electron chi connectivity index (χ4n) is 4.14. The third-order valence-corrected chi connectivity index (χ3v) is 5.43. The summed E-state index contributed by atoms with van der Waals surface area (Å²) < 4.78 is 11.2. The lowest BCUT2D eigenvalue weighted by Crippen LogP contribution is -2.72. The second-order valence-corrected chi connectivity index (χ2v) is 6.87. The van der Waals surface area contributed by atoms with Gasteiger partial charge in [0.05, 0.1) is 0 Å². The summed E-state index contributed by atoms with van der Waals surface area (Å²) in [4.78, 5) is 26.2. The minimum atomic E-state index is -1.53. The summed E-state index contributed by atoms with van der Waals surface area (Å²) in [5, 5.41) is 0. The van der Waals surface area contributed by atoms with E-state index in [4.69, 9.17) is 9.47 Å². The van der Waals surface area contributed by atoms with E-state index in [0.717, 1.165) is 5.56 Å². The highest BCUT2D eigenvalue weighted by Gasteiger charge is 2.76. The Kier molecular flexibility index (Phi) is 3.49. The summed E-state index contributed by atoms with van der Waals surface area (Å²) >= 11 is 0. The van der Waals surface area contributed by atoms with Crippen molar-refractivity contribution in [2.75, 3.05) is 0 Å². The molecule has 136 valence electrons. The molecule has 2 aliphatic heterocycles. The van der Waals surface area contributed by atoms with Gasteiger partial charge in [0.25, 0.3) is 5.60 Å². The maximum atomic E-state index is 13.1. The summed E-state index contributed by atoms with van der Waals surface area (Å²) in [6, 6.07) is 27.8. The first-order valence-corrected chi connectivity index (χ1v) is 9.03. The smallest absolute Gasteiger partial charge is 0.362 e. The zero-order chi connectivity index (χ0) is 19.2. The van der Waals surface area contributed by atoms with Gasteiger partial charge in [-0.25, -0.2) is 4.79 Å². The van der Waals surface area contributed by atoms with E-state index in [9.17, 15) is 9.59 Å². The second kappa shape index (κ2) is 5.92. The van der Waals surface area contributed by atoms with Crippen LogP contribution in [0.15, 0.2) is 97.1 Å². The fourth-order valence-corrected chi connectivity index (χ4v) is 4.14. The SMILES string of the molecule is O=C1OC(c2ccccc2)=CC12OC(=O)C2(c1ccccc1)c1ccccc1. The summed E-state index contributed by atoms with van der Waals surface area (Å²) in [6.07, 6.45) is 1.64. The van der Waals surface area contributed by atoms with Crippen LogP contribution in [-0.2, 0) is 24.5 Å². The molecule has 1 spiro atoms. The first kappa shape index (κ1) is 16.5. The number of esters is 2. The Hall–Kier alpha value is -3.66. The third-order valence-electron chi connectivity index (χ3n) is 5.43. The molecule has 5 rings (SSSR count). The fraction of sp³-hybridized carbons (Fsp3) is 0.0833. The number of cyclic esters (lactones) is 1. The van der Waals surface area contributed by atoms with Crippen molar-refractivity contribution in [3.05, 3.63) is 114 Å². The highest BCUT2D eigenvalue weighted by molar-refractivity contribution is 6.11. The number of ether oxygens (including phenoxy) is 2. The van der Waals surface area contributed by atoms with Gasteiger partial charge in [-0.3, -0.25) is 4.79 Å². The van der Waals surface area contributed by atoms with Crippen molar-refractivity contribution >= 4 is 17.7 Å². The molecule has 2 heterocycles. The molecule has 3 aromatic rings. The Bertz CT molecular complexity index is 1050. The van der Waals surface area contributed by atoms with Crippen LogP contribution in [0.2, 0.25) is 0 Å². The van der Waals surface area contributed by atoms with Crippen LogP contribution in [0.1, 0.15) is 16.7 Å². The molecule has 1 fully saturated rings. The Morgan fingerprint density at radius 2 is 1.11 bits per heavy atom. The van der Waals surface area contributed by atoms with Crippen LogP contribution in [0.3, 0.4) is 0 Å². The molecule has 1 saturated heterocycles. The molecule has 2 aliphatic rings. The van der Waals surface area contributed by atoms with Gasteiger partial charge in [-0.05, 0) is 11.1 Å². The summed E-state index contributed by atoms with van der Waals surface area (Å²) in [6.45, 7) is 0. The largest absolute Gasteiger partial charge is 0.439 e. The molecule has 4 heteroatoms. The topological polar surface area (TPSA) is 52.6 Å². The van der Waals surface area contributed by atoms with Crippen LogP contribution < -0.4 is 0 Å². The van der Waals surface area contributed by atoms with Crippen LogP contribution >= 0.6 is 0 Å². The zero-order valence-corrected chi connectivity index (χ0v) is 14.9. The number of carbonyl (C=O) groups is 2. The van der Waals surface area contributed by atoms with E-state index < -0.39 is 23.0 Å². The van der Waals surface area contributed by atoms with Gasteiger partial charge in [-0.15, -0.1) is 0 Å². The van der Waals surface area contributed by atoms with Crippen molar-refractivity contribution in [1.29, 1.82) is 0 Å². The van der Waals surface area contributed by atoms with Gasteiger partial charge in [0, 0.05) is 11.6 Å². The van der Waals surface area contributed by atoms with Crippen molar-refractivity contribution < 1.29 is 19.1 Å². The van der Waals surface area contributed by atoms with Gasteiger partial charge in [-0.2, -0.15) is 0 Å². The second-order valence-electron chi connectivity index (χ2n) is 6.87. The van der Waals surface area contributed by atoms with E-state index in [1.54, 1.807) is 6.08 Å². The van der Waals surface area contributed by atoms with Gasteiger partial charge in [0.2, 0.25) is 0 Å². The normalized spacial score (nSPS) is 22.2. The Morgan fingerprint density at radius 3 is 1.61 bits per heavy atom. The van der Waals surface area contributed by atoms with Crippen LogP contribution in [0.5, 0.6) is 0 Å². The third kappa shape index (κ3) is 2.00. The average molecular weight is 368 g/mol. The molecule has 4 nitrogen and oxygen atoms in total. The first-order chi connectivity index (χ1) is 13.7. The van der Waals surface area contributed by atoms with Crippen molar-refractivity contribution in [2.24, 2.45) is 0 Å². The van der Waals surface area contributed by atoms with E-state index in [-0.39, 0.29) is 0 Å². The van der Waals surface area contributed by atoms with Gasteiger partial charge in [0.15, 0.2) is 5.41 Å². The average Bonchev–Trinajstić information content (AvgIpc) is 3.09. The van der Waals surface area contributed by atoms with Crippen molar-refractivity contribution in [3.8, 4) is 0 Å². The van der Waals surface area contributed by atoms with Crippen molar-refractivity contribution in [1.82, 2.24) is 0 Å². The standard InChI is InChI=1S/C24H16O4/c25-21-23(16-20(27-21)17-10-4-1-5-11-17)24(22(26)28-23,18-12-6-2-7-13-18)19-14-8-3-9-15-19/h1-16H. The predicted octanol–water partition coefficient (Wildman–Crippen LogP) is 3.87. The van der Waals surface area contributed by atoms with E-state index in [1.807, 2.05) is 91.0 Å². The minimum Gasteiger partial charge on any atom is -0.439 e. The van der Waals surface area contributed by atoms with Crippen LogP contribution in [0.25, 0.3) is 5.76 Å². The first-order valence-electron chi connectivity index (χ1n) is 9.03. The van der Waals surface area contributed by atoms with Gasteiger partial charge < -0.3 is 9.47 Å². The molecule has 3 aromatic carbocycles. The number of carbonyl (C=O) groups excluding carboxylic acids is 2. The van der Waals surface area contributed by atoms with Crippen LogP contribution in [-0.4, -0.2) is 17.5 Å². The highest BCUT2D eigenvalue weighted by Crippen LogP contribution is 2.57. The summed E-state index contributed by atoms with van der Waals surface area (Å²) in [5.74, 6) is -0.652. The number of benzene rings is 3. The molecule has 0 radical (unpaired) electrons. The van der Waals surface area contributed by atoms with E-state index >= 15 is 0 Å². The number of hydrogen-bond acceptors (Lipinski definition) is 4.